The summed E-state index contributed by atoms with van der Waals surface area (Å²) in [4.78, 5) is 11.9. The summed E-state index contributed by atoms with van der Waals surface area (Å²) >= 11 is 0. The predicted octanol–water partition coefficient (Wildman–Crippen LogP) is 1.72. The van der Waals surface area contributed by atoms with E-state index in [9.17, 15) is 4.79 Å². The predicted molar refractivity (Wildman–Crippen MR) is 71.5 cm³/mol. The molecule has 1 aromatic carbocycles. The average Bonchev–Trinajstić information content (AvgIpc) is 2.83. The minimum Gasteiger partial charge on any atom is -0.461 e. The Morgan fingerprint density at radius 2 is 2.00 bits per heavy atom. The molecule has 0 aliphatic heterocycles. The van der Waals surface area contributed by atoms with Gasteiger partial charge in [-0.2, -0.15) is 0 Å². The number of nitrogens with zero attached hydrogens (tertiary/aromatic N) is 3. The second-order valence-corrected chi connectivity index (χ2v) is 3.94. The highest BCUT2D eigenvalue weighted by molar-refractivity contribution is 5.94. The smallest absolute Gasteiger partial charge is 0.361 e. The first-order valence-electron chi connectivity index (χ1n) is 6.13. The van der Waals surface area contributed by atoms with Crippen LogP contribution in [0, 0.1) is 0 Å². The molecular weight excluding hydrogens is 244 g/mol. The van der Waals surface area contributed by atoms with Crippen LogP contribution in [0.4, 0.5) is 5.69 Å². The van der Waals surface area contributed by atoms with E-state index in [4.69, 9.17) is 10.5 Å². The number of aryl methyl sites for hydroxylation is 1. The lowest BCUT2D eigenvalue weighted by atomic mass is 10.1. The highest BCUT2D eigenvalue weighted by atomic mass is 16.5. The Kier molecular flexibility index (Phi) is 3.79. The molecule has 0 saturated carbocycles. The summed E-state index contributed by atoms with van der Waals surface area (Å²) in [7, 11) is 0. The summed E-state index contributed by atoms with van der Waals surface area (Å²) in [5, 5.41) is 7.88. The fourth-order valence-electron chi connectivity index (χ4n) is 1.80. The lowest BCUT2D eigenvalue weighted by Crippen LogP contribution is -2.08. The van der Waals surface area contributed by atoms with Gasteiger partial charge in [-0.15, -0.1) is 5.10 Å². The van der Waals surface area contributed by atoms with Gasteiger partial charge >= 0.3 is 5.97 Å². The first-order chi connectivity index (χ1) is 9.17. The topological polar surface area (TPSA) is 83.0 Å². The van der Waals surface area contributed by atoms with Gasteiger partial charge in [0, 0.05) is 17.8 Å². The third-order valence-electron chi connectivity index (χ3n) is 2.69. The molecule has 0 radical (unpaired) electrons. The van der Waals surface area contributed by atoms with E-state index in [1.54, 1.807) is 23.7 Å². The maximum atomic E-state index is 11.9. The molecule has 6 heteroatoms. The molecule has 1 aromatic heterocycles. The number of rotatable bonds is 4. The van der Waals surface area contributed by atoms with E-state index < -0.39 is 5.97 Å². The van der Waals surface area contributed by atoms with Gasteiger partial charge in [0.05, 0.1) is 6.61 Å². The van der Waals surface area contributed by atoms with Crippen molar-refractivity contribution < 1.29 is 9.53 Å². The standard InChI is InChI=1S/C13H16N4O2/c1-3-17-12(9-5-7-10(14)8-6-9)11(15-16-17)13(18)19-4-2/h5-8H,3-4,14H2,1-2H3. The lowest BCUT2D eigenvalue weighted by Gasteiger charge is -2.06. The van der Waals surface area contributed by atoms with E-state index in [0.717, 1.165) is 5.56 Å². The van der Waals surface area contributed by atoms with E-state index in [1.807, 2.05) is 19.1 Å². The van der Waals surface area contributed by atoms with Crippen LogP contribution >= 0.6 is 0 Å². The number of esters is 1. The van der Waals surface area contributed by atoms with Crippen LogP contribution in [0.1, 0.15) is 24.3 Å². The second-order valence-electron chi connectivity index (χ2n) is 3.94. The van der Waals surface area contributed by atoms with Crippen molar-refractivity contribution in [3.05, 3.63) is 30.0 Å². The Balaban J connectivity index is 2.50. The van der Waals surface area contributed by atoms with Crippen molar-refractivity contribution in [2.45, 2.75) is 20.4 Å². The SMILES string of the molecule is CCOC(=O)c1nnn(CC)c1-c1ccc(N)cc1. The summed E-state index contributed by atoms with van der Waals surface area (Å²) in [5.74, 6) is -0.464. The number of hydrogen-bond donors (Lipinski definition) is 1. The lowest BCUT2D eigenvalue weighted by molar-refractivity contribution is 0.0520. The van der Waals surface area contributed by atoms with Gasteiger partial charge in [-0.3, -0.25) is 0 Å². The monoisotopic (exact) mass is 260 g/mol. The highest BCUT2D eigenvalue weighted by Crippen LogP contribution is 2.23. The van der Waals surface area contributed by atoms with Crippen molar-refractivity contribution in [2.24, 2.45) is 0 Å². The molecule has 6 nitrogen and oxygen atoms in total. The molecule has 1 heterocycles. The van der Waals surface area contributed by atoms with Gasteiger partial charge < -0.3 is 10.5 Å². The van der Waals surface area contributed by atoms with Crippen molar-refractivity contribution in [1.82, 2.24) is 15.0 Å². The number of nitrogens with two attached hydrogens (primary N) is 1. The molecule has 0 aliphatic carbocycles. The van der Waals surface area contributed by atoms with Gasteiger partial charge in [0.15, 0.2) is 5.69 Å². The number of carbonyl (C=O) groups is 1. The maximum absolute atomic E-state index is 11.9. The maximum Gasteiger partial charge on any atom is 0.361 e. The van der Waals surface area contributed by atoms with Crippen molar-refractivity contribution >= 4 is 11.7 Å². The molecule has 0 bridgehead atoms. The van der Waals surface area contributed by atoms with E-state index in [-0.39, 0.29) is 5.69 Å². The summed E-state index contributed by atoms with van der Waals surface area (Å²) < 4.78 is 6.66. The molecule has 0 saturated heterocycles. The minimum absolute atomic E-state index is 0.230. The van der Waals surface area contributed by atoms with Gasteiger partial charge in [-0.05, 0) is 26.0 Å². The first-order valence-corrected chi connectivity index (χ1v) is 6.13. The van der Waals surface area contributed by atoms with Crippen LogP contribution in [0.5, 0.6) is 0 Å². The Morgan fingerprint density at radius 1 is 1.32 bits per heavy atom. The minimum atomic E-state index is -0.464. The van der Waals surface area contributed by atoms with Crippen molar-refractivity contribution in [3.63, 3.8) is 0 Å². The number of aromatic nitrogens is 3. The zero-order chi connectivity index (χ0) is 13.8. The molecule has 0 amide bonds. The molecule has 2 aromatic rings. The van der Waals surface area contributed by atoms with Gasteiger partial charge in [-0.1, -0.05) is 17.3 Å². The van der Waals surface area contributed by atoms with E-state index in [1.165, 1.54) is 0 Å². The number of hydrogen-bond acceptors (Lipinski definition) is 5. The summed E-state index contributed by atoms with van der Waals surface area (Å²) in [6.07, 6.45) is 0. The second kappa shape index (κ2) is 5.51. The Hall–Kier alpha value is -2.37. The van der Waals surface area contributed by atoms with Crippen molar-refractivity contribution in [1.29, 1.82) is 0 Å². The fourth-order valence-corrected chi connectivity index (χ4v) is 1.80. The van der Waals surface area contributed by atoms with Crippen molar-refractivity contribution in [2.75, 3.05) is 12.3 Å². The zero-order valence-electron chi connectivity index (χ0n) is 11.0. The molecule has 2 rings (SSSR count). The number of nitrogen functional groups attached to an aromatic ring is 1. The van der Waals surface area contributed by atoms with Gasteiger partial charge in [0.25, 0.3) is 0 Å². The molecule has 0 atom stereocenters. The van der Waals surface area contributed by atoms with Crippen molar-refractivity contribution in [3.8, 4) is 11.3 Å². The van der Waals surface area contributed by atoms with Crippen LogP contribution in [0.3, 0.4) is 0 Å². The fraction of sp³-hybridized carbons (Fsp3) is 0.308. The van der Waals surface area contributed by atoms with Crippen LogP contribution in [0.15, 0.2) is 24.3 Å². The first kappa shape index (κ1) is 13.1. The number of anilines is 1. The van der Waals surface area contributed by atoms with Gasteiger partial charge in [-0.25, -0.2) is 9.48 Å². The Morgan fingerprint density at radius 3 is 2.58 bits per heavy atom. The number of benzene rings is 1. The van der Waals surface area contributed by atoms with Gasteiger partial charge in [0.1, 0.15) is 5.69 Å². The quantitative estimate of drug-likeness (QED) is 0.668. The van der Waals surface area contributed by atoms with Crippen LogP contribution in [-0.4, -0.2) is 27.6 Å². The highest BCUT2D eigenvalue weighted by Gasteiger charge is 2.21. The zero-order valence-corrected chi connectivity index (χ0v) is 11.0. The molecule has 0 fully saturated rings. The summed E-state index contributed by atoms with van der Waals surface area (Å²) in [6.45, 7) is 4.61. The van der Waals surface area contributed by atoms with Crippen LogP contribution < -0.4 is 5.73 Å². The third kappa shape index (κ3) is 2.57. The molecule has 19 heavy (non-hydrogen) atoms. The summed E-state index contributed by atoms with van der Waals surface area (Å²) in [5.41, 5.74) is 8.05. The number of carbonyl (C=O) groups excluding carboxylic acids is 1. The largest absolute Gasteiger partial charge is 0.461 e. The summed E-state index contributed by atoms with van der Waals surface area (Å²) in [6, 6.07) is 7.22. The Labute approximate surface area is 111 Å². The van der Waals surface area contributed by atoms with E-state index >= 15 is 0 Å². The average molecular weight is 260 g/mol. The van der Waals surface area contributed by atoms with Crippen LogP contribution in [0.25, 0.3) is 11.3 Å². The third-order valence-corrected chi connectivity index (χ3v) is 2.69. The van der Waals surface area contributed by atoms with Crippen LogP contribution in [-0.2, 0) is 11.3 Å². The number of ether oxygens (including phenoxy) is 1. The molecule has 0 spiro atoms. The molecule has 100 valence electrons. The van der Waals surface area contributed by atoms with E-state index in [0.29, 0.717) is 24.5 Å². The molecule has 0 unspecified atom stereocenters. The van der Waals surface area contributed by atoms with Crippen LogP contribution in [0.2, 0.25) is 0 Å². The van der Waals surface area contributed by atoms with Gasteiger partial charge in [0.2, 0.25) is 0 Å². The normalized spacial score (nSPS) is 10.4. The Bertz CT molecular complexity index is 575. The molecule has 2 N–H and O–H groups in total. The van der Waals surface area contributed by atoms with E-state index in [2.05, 4.69) is 10.3 Å². The molecular formula is C13H16N4O2. The molecule has 0 aliphatic rings.